The molecule has 2 atom stereocenters. The first-order valence-electron chi connectivity index (χ1n) is 14.1. The van der Waals surface area contributed by atoms with E-state index in [0.29, 0.717) is 11.9 Å². The number of rotatable bonds is 6. The molecule has 206 valence electrons. The van der Waals surface area contributed by atoms with Crippen LogP contribution in [-0.2, 0) is 16.1 Å². The SMILES string of the molecule is CN1CCN(C(=O)Cn2cc(Nc3nc4c(N5CC6CCC(C5)N6C(=O)C5(C)CC5)cccn4n3)cn2)CC1. The van der Waals surface area contributed by atoms with E-state index in [1.807, 2.05) is 23.4 Å². The lowest BCUT2D eigenvalue weighted by molar-refractivity contribution is -0.140. The molecule has 12 heteroatoms. The average Bonchev–Trinajstić information content (AvgIpc) is 3.21. The molecule has 39 heavy (non-hydrogen) atoms. The van der Waals surface area contributed by atoms with E-state index >= 15 is 0 Å². The van der Waals surface area contributed by atoms with E-state index in [1.165, 1.54) is 0 Å². The lowest BCUT2D eigenvalue weighted by Gasteiger charge is -2.43. The standard InChI is InChI=1S/C27H36N10O2/c1-27(7-8-27)25(39)37-20-5-6-21(37)17-34(16-20)22-4-3-9-36-24(22)30-26(31-36)29-19-14-28-35(15-19)18-23(38)33-12-10-32(2)11-13-33/h3-4,9,14-15,20-21H,5-8,10-13,16-18H2,1-2H3,(H,29,31). The van der Waals surface area contributed by atoms with Crippen molar-refractivity contribution in [1.29, 1.82) is 0 Å². The van der Waals surface area contributed by atoms with Crippen LogP contribution < -0.4 is 10.2 Å². The second-order valence-electron chi connectivity index (χ2n) is 11.9. The fourth-order valence-electron chi connectivity index (χ4n) is 6.27. The first kappa shape index (κ1) is 24.4. The Hall–Kier alpha value is -3.67. The number of pyridine rings is 1. The number of carbonyl (C=O) groups excluding carboxylic acids is 2. The molecule has 0 radical (unpaired) electrons. The predicted octanol–water partition coefficient (Wildman–Crippen LogP) is 1.42. The molecule has 2 bridgehead atoms. The molecule has 2 unspecified atom stereocenters. The number of piperazine rings is 2. The highest BCUT2D eigenvalue weighted by Crippen LogP contribution is 2.49. The van der Waals surface area contributed by atoms with Gasteiger partial charge in [0.05, 0.1) is 17.6 Å². The van der Waals surface area contributed by atoms with Gasteiger partial charge in [0.15, 0.2) is 5.65 Å². The maximum atomic E-state index is 13.2. The summed E-state index contributed by atoms with van der Waals surface area (Å²) < 4.78 is 3.45. The Bertz CT molecular complexity index is 1390. The fourth-order valence-corrected chi connectivity index (χ4v) is 6.27. The molecule has 3 aromatic rings. The number of hydrogen-bond donors (Lipinski definition) is 1. The normalized spacial score (nSPS) is 24.4. The number of amides is 2. The smallest absolute Gasteiger partial charge is 0.247 e. The van der Waals surface area contributed by atoms with Gasteiger partial charge in [-0.25, -0.2) is 4.52 Å². The summed E-state index contributed by atoms with van der Waals surface area (Å²) in [6.45, 7) is 7.26. The highest BCUT2D eigenvalue weighted by molar-refractivity contribution is 5.86. The van der Waals surface area contributed by atoms with E-state index in [2.05, 4.69) is 50.3 Å². The van der Waals surface area contributed by atoms with Crippen molar-refractivity contribution in [3.05, 3.63) is 30.7 Å². The molecule has 3 aromatic heterocycles. The van der Waals surface area contributed by atoms with Crippen molar-refractivity contribution in [2.75, 3.05) is 56.5 Å². The van der Waals surface area contributed by atoms with Crippen LogP contribution in [-0.4, -0.2) is 109 Å². The average molecular weight is 533 g/mol. The third-order valence-corrected chi connectivity index (χ3v) is 8.96. The summed E-state index contributed by atoms with van der Waals surface area (Å²) in [5.41, 5.74) is 2.43. The number of anilines is 3. The van der Waals surface area contributed by atoms with E-state index in [-0.39, 0.29) is 30.0 Å². The van der Waals surface area contributed by atoms with E-state index in [0.717, 1.165) is 82.0 Å². The highest BCUT2D eigenvalue weighted by Gasteiger charge is 2.53. The summed E-state index contributed by atoms with van der Waals surface area (Å²) in [6.07, 6.45) is 9.57. The Morgan fingerprint density at radius 2 is 1.85 bits per heavy atom. The van der Waals surface area contributed by atoms with Gasteiger partial charge in [0.25, 0.3) is 0 Å². The van der Waals surface area contributed by atoms with Gasteiger partial charge in [-0.15, -0.1) is 5.10 Å². The van der Waals surface area contributed by atoms with Crippen LogP contribution in [0.2, 0.25) is 0 Å². The zero-order valence-electron chi connectivity index (χ0n) is 22.7. The largest absolute Gasteiger partial charge is 0.364 e. The third-order valence-electron chi connectivity index (χ3n) is 8.96. The van der Waals surface area contributed by atoms with Crippen molar-refractivity contribution in [3.8, 4) is 0 Å². The summed E-state index contributed by atoms with van der Waals surface area (Å²) in [5, 5.41) is 12.3. The van der Waals surface area contributed by atoms with E-state index in [4.69, 9.17) is 4.98 Å². The van der Waals surface area contributed by atoms with Crippen molar-refractivity contribution >= 4 is 34.8 Å². The van der Waals surface area contributed by atoms with Gasteiger partial charge in [0.1, 0.15) is 6.54 Å². The van der Waals surface area contributed by atoms with Crippen LogP contribution in [0.5, 0.6) is 0 Å². The molecule has 4 fully saturated rings. The summed E-state index contributed by atoms with van der Waals surface area (Å²) in [7, 11) is 2.08. The molecule has 1 aliphatic carbocycles. The maximum Gasteiger partial charge on any atom is 0.247 e. The summed E-state index contributed by atoms with van der Waals surface area (Å²) in [6, 6.07) is 4.60. The first-order chi connectivity index (χ1) is 18.9. The molecule has 0 spiro atoms. The predicted molar refractivity (Wildman–Crippen MR) is 146 cm³/mol. The first-order valence-corrected chi connectivity index (χ1v) is 14.1. The number of aromatic nitrogens is 5. The molecular formula is C27H36N10O2. The van der Waals surface area contributed by atoms with Crippen LogP contribution in [0.25, 0.3) is 5.65 Å². The molecule has 12 nitrogen and oxygen atoms in total. The van der Waals surface area contributed by atoms with Gasteiger partial charge in [-0.2, -0.15) is 10.1 Å². The van der Waals surface area contributed by atoms with Crippen LogP contribution in [0.3, 0.4) is 0 Å². The molecule has 2 amide bonds. The minimum Gasteiger partial charge on any atom is -0.364 e. The number of nitrogens with one attached hydrogen (secondary N) is 1. The van der Waals surface area contributed by atoms with E-state index in [9.17, 15) is 9.59 Å². The second kappa shape index (κ2) is 9.22. The molecule has 3 saturated heterocycles. The molecule has 6 heterocycles. The minimum atomic E-state index is -0.123. The molecule has 4 aliphatic rings. The molecule has 1 N–H and O–H groups in total. The van der Waals surface area contributed by atoms with Crippen molar-refractivity contribution in [2.24, 2.45) is 5.41 Å². The Labute approximate surface area is 227 Å². The summed E-state index contributed by atoms with van der Waals surface area (Å²) >= 11 is 0. The van der Waals surface area contributed by atoms with Gasteiger partial charge >= 0.3 is 0 Å². The van der Waals surface area contributed by atoms with Crippen molar-refractivity contribution < 1.29 is 9.59 Å². The molecular weight excluding hydrogens is 496 g/mol. The Morgan fingerprint density at radius 1 is 1.10 bits per heavy atom. The number of hydrogen-bond acceptors (Lipinski definition) is 8. The number of carbonyl (C=O) groups is 2. The van der Waals surface area contributed by atoms with Gasteiger partial charge < -0.3 is 24.9 Å². The maximum absolute atomic E-state index is 13.2. The lowest BCUT2D eigenvalue weighted by atomic mass is 10.0. The van der Waals surface area contributed by atoms with Gasteiger partial charge in [-0.05, 0) is 44.9 Å². The van der Waals surface area contributed by atoms with Crippen molar-refractivity contribution in [1.82, 2.24) is 39.1 Å². The Balaban J connectivity index is 1.04. The van der Waals surface area contributed by atoms with E-state index < -0.39 is 0 Å². The monoisotopic (exact) mass is 532 g/mol. The molecule has 1 saturated carbocycles. The van der Waals surface area contributed by atoms with Crippen LogP contribution in [0, 0.1) is 5.41 Å². The number of likely N-dealkylation sites (N-methyl/N-ethyl adjacent to an activating group) is 1. The van der Waals surface area contributed by atoms with Gasteiger partial charge in [-0.1, -0.05) is 6.92 Å². The number of fused-ring (bicyclic) bond motifs is 3. The van der Waals surface area contributed by atoms with Gasteiger partial charge in [0.2, 0.25) is 17.8 Å². The van der Waals surface area contributed by atoms with Crippen molar-refractivity contribution in [2.45, 2.75) is 51.2 Å². The van der Waals surface area contributed by atoms with Crippen molar-refractivity contribution in [3.63, 3.8) is 0 Å². The quantitative estimate of drug-likeness (QED) is 0.508. The fraction of sp³-hybridized carbons (Fsp3) is 0.593. The molecule has 7 rings (SSSR count). The number of nitrogens with zero attached hydrogens (tertiary/aromatic N) is 9. The topological polar surface area (TPSA) is 107 Å². The molecule has 0 aromatic carbocycles. The Kier molecular flexibility index (Phi) is 5.76. The summed E-state index contributed by atoms with van der Waals surface area (Å²) in [5.74, 6) is 0.911. The van der Waals surface area contributed by atoms with Gasteiger partial charge in [-0.3, -0.25) is 14.3 Å². The third kappa shape index (κ3) is 4.50. The minimum absolute atomic E-state index is 0.0789. The van der Waals surface area contributed by atoms with Gasteiger partial charge in [0, 0.05) is 69.2 Å². The van der Waals surface area contributed by atoms with E-state index in [1.54, 1.807) is 15.4 Å². The zero-order valence-corrected chi connectivity index (χ0v) is 22.7. The lowest BCUT2D eigenvalue weighted by Crippen LogP contribution is -2.57. The summed E-state index contributed by atoms with van der Waals surface area (Å²) in [4.78, 5) is 39.4. The van der Waals surface area contributed by atoms with Crippen LogP contribution in [0.15, 0.2) is 30.7 Å². The zero-order chi connectivity index (χ0) is 26.7. The van der Waals surface area contributed by atoms with Crippen LogP contribution in [0.1, 0.15) is 32.6 Å². The highest BCUT2D eigenvalue weighted by atomic mass is 16.2. The second-order valence-corrected chi connectivity index (χ2v) is 11.9. The van der Waals surface area contributed by atoms with Crippen LogP contribution >= 0.6 is 0 Å². The van der Waals surface area contributed by atoms with Crippen LogP contribution in [0.4, 0.5) is 17.3 Å². The Morgan fingerprint density at radius 3 is 2.56 bits per heavy atom. The molecule has 3 aliphatic heterocycles.